The van der Waals surface area contributed by atoms with E-state index in [2.05, 4.69) is 11.9 Å². The number of nitrogens with zero attached hydrogens (tertiary/aromatic N) is 1. The van der Waals surface area contributed by atoms with Crippen LogP contribution in [0.25, 0.3) is 0 Å². The van der Waals surface area contributed by atoms with Crippen molar-refractivity contribution in [2.24, 2.45) is 11.7 Å². The van der Waals surface area contributed by atoms with E-state index < -0.39 is 5.97 Å². The van der Waals surface area contributed by atoms with E-state index in [0.29, 0.717) is 5.92 Å². The zero-order valence-corrected chi connectivity index (χ0v) is 8.78. The van der Waals surface area contributed by atoms with Crippen LogP contribution in [0.1, 0.15) is 25.7 Å². The van der Waals surface area contributed by atoms with Crippen LogP contribution in [0.4, 0.5) is 0 Å². The molecule has 0 aliphatic carbocycles. The fourth-order valence-corrected chi connectivity index (χ4v) is 2.03. The first kappa shape index (κ1) is 11.5. The normalized spacial score (nSPS) is 22.1. The molecule has 1 heterocycles. The number of carboxylic acids is 1. The molecular weight excluding hydrogens is 180 g/mol. The van der Waals surface area contributed by atoms with E-state index >= 15 is 0 Å². The van der Waals surface area contributed by atoms with Crippen molar-refractivity contribution in [3.8, 4) is 0 Å². The average molecular weight is 200 g/mol. The number of nitrogens with two attached hydrogens (primary N) is 1. The van der Waals surface area contributed by atoms with Crippen molar-refractivity contribution in [2.75, 3.05) is 20.1 Å². The van der Waals surface area contributed by atoms with Gasteiger partial charge in [-0.25, -0.2) is 0 Å². The SMILES string of the molecule is CN1CCC(CC(N)CC(=O)O)CC1. The highest BCUT2D eigenvalue weighted by Gasteiger charge is 2.20. The molecule has 0 aromatic rings. The summed E-state index contributed by atoms with van der Waals surface area (Å²) in [6.07, 6.45) is 3.28. The van der Waals surface area contributed by atoms with Crippen molar-refractivity contribution in [3.05, 3.63) is 0 Å². The van der Waals surface area contributed by atoms with Gasteiger partial charge in [0, 0.05) is 6.04 Å². The predicted molar refractivity (Wildman–Crippen MR) is 55.1 cm³/mol. The Morgan fingerprint density at radius 1 is 1.57 bits per heavy atom. The van der Waals surface area contributed by atoms with E-state index in [1.165, 1.54) is 0 Å². The summed E-state index contributed by atoms with van der Waals surface area (Å²) in [5.41, 5.74) is 5.75. The first-order valence-corrected chi connectivity index (χ1v) is 5.24. The van der Waals surface area contributed by atoms with Gasteiger partial charge < -0.3 is 15.7 Å². The molecule has 1 unspecified atom stereocenters. The van der Waals surface area contributed by atoms with Gasteiger partial charge in [0.1, 0.15) is 0 Å². The third-order valence-corrected chi connectivity index (χ3v) is 2.91. The Bertz CT molecular complexity index is 189. The number of piperidine rings is 1. The van der Waals surface area contributed by atoms with Gasteiger partial charge in [-0.05, 0) is 45.3 Å². The Labute approximate surface area is 85.1 Å². The molecule has 0 radical (unpaired) electrons. The molecule has 0 amide bonds. The van der Waals surface area contributed by atoms with Crippen LogP contribution in [0.3, 0.4) is 0 Å². The zero-order chi connectivity index (χ0) is 10.6. The molecule has 4 nitrogen and oxygen atoms in total. The molecule has 3 N–H and O–H groups in total. The molecule has 0 aromatic heterocycles. The van der Waals surface area contributed by atoms with E-state index in [0.717, 1.165) is 32.4 Å². The number of aliphatic carboxylic acids is 1. The maximum atomic E-state index is 10.4. The molecule has 0 bridgehead atoms. The van der Waals surface area contributed by atoms with Gasteiger partial charge >= 0.3 is 5.97 Å². The second-order valence-corrected chi connectivity index (χ2v) is 4.34. The minimum atomic E-state index is -0.787. The number of likely N-dealkylation sites (tertiary alicyclic amines) is 1. The average Bonchev–Trinajstić information content (AvgIpc) is 2.07. The van der Waals surface area contributed by atoms with Crippen molar-refractivity contribution in [1.29, 1.82) is 0 Å². The standard InChI is InChI=1S/C10H20N2O2/c1-12-4-2-8(3-5-12)6-9(11)7-10(13)14/h8-9H,2-7,11H2,1H3,(H,13,14). The number of hydrogen-bond donors (Lipinski definition) is 2. The smallest absolute Gasteiger partial charge is 0.304 e. The monoisotopic (exact) mass is 200 g/mol. The summed E-state index contributed by atoms with van der Waals surface area (Å²) in [6.45, 7) is 2.23. The lowest BCUT2D eigenvalue weighted by molar-refractivity contribution is -0.137. The molecule has 4 heteroatoms. The number of hydrogen-bond acceptors (Lipinski definition) is 3. The largest absolute Gasteiger partial charge is 0.481 e. The fourth-order valence-electron chi connectivity index (χ4n) is 2.03. The lowest BCUT2D eigenvalue weighted by Gasteiger charge is -2.30. The van der Waals surface area contributed by atoms with Crippen LogP contribution >= 0.6 is 0 Å². The van der Waals surface area contributed by atoms with Crippen molar-refractivity contribution in [1.82, 2.24) is 4.90 Å². The summed E-state index contributed by atoms with van der Waals surface area (Å²) in [7, 11) is 2.12. The molecule has 1 aliphatic rings. The molecule has 0 spiro atoms. The second kappa shape index (κ2) is 5.32. The third-order valence-electron chi connectivity index (χ3n) is 2.91. The summed E-state index contributed by atoms with van der Waals surface area (Å²) >= 11 is 0. The Morgan fingerprint density at radius 3 is 2.64 bits per heavy atom. The van der Waals surface area contributed by atoms with Gasteiger partial charge in [0.05, 0.1) is 6.42 Å². The number of carboxylic acid groups (broad SMARTS) is 1. The van der Waals surface area contributed by atoms with Gasteiger partial charge in [0.25, 0.3) is 0 Å². The highest BCUT2D eigenvalue weighted by molar-refractivity contribution is 5.67. The minimum Gasteiger partial charge on any atom is -0.481 e. The number of rotatable bonds is 4. The Hall–Kier alpha value is -0.610. The molecule has 1 atom stereocenters. The third kappa shape index (κ3) is 4.07. The Morgan fingerprint density at radius 2 is 2.14 bits per heavy atom. The van der Waals surface area contributed by atoms with Crippen LogP contribution in [0.2, 0.25) is 0 Å². The summed E-state index contributed by atoms with van der Waals surface area (Å²) < 4.78 is 0. The molecule has 0 aromatic carbocycles. The summed E-state index contributed by atoms with van der Waals surface area (Å²) in [5.74, 6) is -0.161. The lowest BCUT2D eigenvalue weighted by Crippen LogP contribution is -2.34. The van der Waals surface area contributed by atoms with Crippen LogP contribution in [0, 0.1) is 5.92 Å². The molecule has 1 saturated heterocycles. The maximum Gasteiger partial charge on any atom is 0.304 e. The van der Waals surface area contributed by atoms with Crippen LogP contribution < -0.4 is 5.73 Å². The van der Waals surface area contributed by atoms with Crippen LogP contribution in [-0.2, 0) is 4.79 Å². The van der Waals surface area contributed by atoms with Gasteiger partial charge in [-0.2, -0.15) is 0 Å². The van der Waals surface area contributed by atoms with Crippen LogP contribution in [-0.4, -0.2) is 42.2 Å². The van der Waals surface area contributed by atoms with E-state index in [1.807, 2.05) is 0 Å². The van der Waals surface area contributed by atoms with Gasteiger partial charge in [0.15, 0.2) is 0 Å². The van der Waals surface area contributed by atoms with Gasteiger partial charge in [-0.15, -0.1) is 0 Å². The molecule has 1 aliphatic heterocycles. The quantitative estimate of drug-likeness (QED) is 0.694. The molecule has 82 valence electrons. The molecule has 1 fully saturated rings. The highest BCUT2D eigenvalue weighted by Crippen LogP contribution is 2.21. The van der Waals surface area contributed by atoms with Crippen LogP contribution in [0.15, 0.2) is 0 Å². The number of carbonyl (C=O) groups is 1. The fraction of sp³-hybridized carbons (Fsp3) is 0.900. The molecule has 14 heavy (non-hydrogen) atoms. The van der Waals surface area contributed by atoms with Crippen molar-refractivity contribution < 1.29 is 9.90 Å². The van der Waals surface area contributed by atoms with Crippen molar-refractivity contribution in [3.63, 3.8) is 0 Å². The highest BCUT2D eigenvalue weighted by atomic mass is 16.4. The summed E-state index contributed by atoms with van der Waals surface area (Å²) in [5, 5.41) is 8.57. The van der Waals surface area contributed by atoms with Crippen molar-refractivity contribution >= 4 is 5.97 Å². The van der Waals surface area contributed by atoms with Crippen molar-refractivity contribution in [2.45, 2.75) is 31.7 Å². The summed E-state index contributed by atoms with van der Waals surface area (Å²) in [4.78, 5) is 12.7. The Kier molecular flexibility index (Phi) is 4.35. The zero-order valence-electron chi connectivity index (χ0n) is 8.78. The van der Waals surface area contributed by atoms with Gasteiger partial charge in [-0.3, -0.25) is 4.79 Å². The van der Waals surface area contributed by atoms with E-state index in [1.54, 1.807) is 0 Å². The maximum absolute atomic E-state index is 10.4. The molecule has 1 rings (SSSR count). The van der Waals surface area contributed by atoms with Gasteiger partial charge in [-0.1, -0.05) is 0 Å². The van der Waals surface area contributed by atoms with E-state index in [-0.39, 0.29) is 12.5 Å². The first-order chi connectivity index (χ1) is 6.58. The summed E-state index contributed by atoms with van der Waals surface area (Å²) in [6, 6.07) is -0.166. The topological polar surface area (TPSA) is 66.6 Å². The predicted octanol–water partition coefficient (Wildman–Crippen LogP) is 0.520. The van der Waals surface area contributed by atoms with E-state index in [9.17, 15) is 4.79 Å². The molecular formula is C10H20N2O2. The first-order valence-electron chi connectivity index (χ1n) is 5.24. The molecule has 0 saturated carbocycles. The Balaban J connectivity index is 2.20. The van der Waals surface area contributed by atoms with Gasteiger partial charge in [0.2, 0.25) is 0 Å². The minimum absolute atomic E-state index is 0.104. The lowest BCUT2D eigenvalue weighted by atomic mass is 9.90. The second-order valence-electron chi connectivity index (χ2n) is 4.34. The van der Waals surface area contributed by atoms with Crippen LogP contribution in [0.5, 0.6) is 0 Å². The van der Waals surface area contributed by atoms with E-state index in [4.69, 9.17) is 10.8 Å².